The van der Waals surface area contributed by atoms with Crippen LogP contribution in [-0.2, 0) is 6.42 Å². The van der Waals surface area contributed by atoms with Crippen molar-refractivity contribution in [3.8, 4) is 11.3 Å². The zero-order valence-corrected chi connectivity index (χ0v) is 11.6. The van der Waals surface area contributed by atoms with Crippen molar-refractivity contribution in [2.45, 2.75) is 19.3 Å². The van der Waals surface area contributed by atoms with Gasteiger partial charge in [-0.15, -0.1) is 0 Å². The number of hydrogen-bond donors (Lipinski definition) is 1. The molecule has 3 nitrogen and oxygen atoms in total. The Bertz CT molecular complexity index is 661. The van der Waals surface area contributed by atoms with E-state index >= 15 is 0 Å². The number of halogens is 2. The molecule has 5 heteroatoms. The number of rotatable bonds is 2. The predicted octanol–water partition coefficient (Wildman–Crippen LogP) is 3.97. The maximum Gasteiger partial charge on any atom is 0.144 e. The van der Waals surface area contributed by atoms with Gasteiger partial charge in [0.1, 0.15) is 17.3 Å². The minimum atomic E-state index is -0.288. The van der Waals surface area contributed by atoms with Crippen molar-refractivity contribution < 1.29 is 8.91 Å². The zero-order valence-electron chi connectivity index (χ0n) is 10.8. The van der Waals surface area contributed by atoms with E-state index in [1.54, 1.807) is 12.1 Å². The van der Waals surface area contributed by atoms with Gasteiger partial charge in [-0.2, -0.15) is 0 Å². The molecule has 1 aromatic carbocycles. The van der Waals surface area contributed by atoms with Crippen LogP contribution >= 0.6 is 11.6 Å². The van der Waals surface area contributed by atoms with E-state index in [0.717, 1.165) is 29.7 Å². The van der Waals surface area contributed by atoms with Gasteiger partial charge >= 0.3 is 0 Å². The molecule has 0 amide bonds. The molecule has 0 unspecified atom stereocenters. The molecule has 2 N–H and O–H groups in total. The van der Waals surface area contributed by atoms with Crippen molar-refractivity contribution in [3.05, 3.63) is 46.4 Å². The van der Waals surface area contributed by atoms with Crippen molar-refractivity contribution in [1.29, 1.82) is 0 Å². The van der Waals surface area contributed by atoms with Gasteiger partial charge in [0.05, 0.1) is 5.56 Å². The first-order valence-electron chi connectivity index (χ1n) is 6.53. The number of nitrogens with two attached hydrogens (primary N) is 1. The molecule has 104 valence electrons. The molecule has 1 aliphatic carbocycles. The minimum absolute atomic E-state index is 0.0972. The van der Waals surface area contributed by atoms with E-state index in [1.165, 1.54) is 0 Å². The third-order valence-corrected chi connectivity index (χ3v) is 3.77. The molecule has 0 aliphatic heterocycles. The van der Waals surface area contributed by atoms with Gasteiger partial charge in [-0.05, 0) is 30.5 Å². The maximum absolute atomic E-state index is 14.0. The van der Waals surface area contributed by atoms with Gasteiger partial charge in [0.25, 0.3) is 0 Å². The van der Waals surface area contributed by atoms with Gasteiger partial charge in [0.2, 0.25) is 0 Å². The molecule has 2 aromatic rings. The highest BCUT2D eigenvalue weighted by Crippen LogP contribution is 2.39. The summed E-state index contributed by atoms with van der Waals surface area (Å²) in [5.74, 6) is 0.448. The van der Waals surface area contributed by atoms with Crippen molar-refractivity contribution in [2.75, 3.05) is 6.54 Å². The number of fused-ring (bicyclic) bond motifs is 1. The Labute approximate surface area is 121 Å². The second-order valence-corrected chi connectivity index (χ2v) is 5.21. The second kappa shape index (κ2) is 5.38. The summed E-state index contributed by atoms with van der Waals surface area (Å²) in [7, 11) is 0. The van der Waals surface area contributed by atoms with E-state index in [1.807, 2.05) is 12.1 Å². The Morgan fingerprint density at radius 2 is 2.05 bits per heavy atom. The Morgan fingerprint density at radius 1 is 1.30 bits per heavy atom. The smallest absolute Gasteiger partial charge is 0.144 e. The summed E-state index contributed by atoms with van der Waals surface area (Å²) in [6, 6.07) is 7.27. The SMILES string of the molecule is NC/C(F)=C1\CCCc2onc(-c3ccc(Cl)cc3)c21. The van der Waals surface area contributed by atoms with Gasteiger partial charge in [0, 0.05) is 23.6 Å². The van der Waals surface area contributed by atoms with Gasteiger partial charge in [-0.3, -0.25) is 0 Å². The standard InChI is InChI=1S/C15H14ClFN2O/c16-10-6-4-9(5-7-10)15-14-11(12(17)8-18)2-1-3-13(14)20-19-15/h4-7H,1-3,8,18H2/b12-11-. The lowest BCUT2D eigenvalue weighted by Crippen LogP contribution is -2.07. The van der Waals surface area contributed by atoms with Crippen LogP contribution in [0.2, 0.25) is 5.02 Å². The van der Waals surface area contributed by atoms with Crippen molar-refractivity contribution in [1.82, 2.24) is 5.16 Å². The fourth-order valence-corrected chi connectivity index (χ4v) is 2.68. The summed E-state index contributed by atoms with van der Waals surface area (Å²) in [6.45, 7) is -0.0972. The molecule has 0 fully saturated rings. The number of nitrogens with zero attached hydrogens (tertiary/aromatic N) is 1. The zero-order chi connectivity index (χ0) is 14.1. The highest BCUT2D eigenvalue weighted by atomic mass is 35.5. The highest BCUT2D eigenvalue weighted by molar-refractivity contribution is 6.30. The number of allylic oxidation sites excluding steroid dienone is 1. The topological polar surface area (TPSA) is 52.0 Å². The summed E-state index contributed by atoms with van der Waals surface area (Å²) in [4.78, 5) is 0. The second-order valence-electron chi connectivity index (χ2n) is 4.78. The van der Waals surface area contributed by atoms with E-state index in [9.17, 15) is 4.39 Å². The van der Waals surface area contributed by atoms with Crippen LogP contribution in [0.15, 0.2) is 34.6 Å². The molecule has 1 aromatic heterocycles. The van der Waals surface area contributed by atoms with E-state index in [-0.39, 0.29) is 12.4 Å². The van der Waals surface area contributed by atoms with Crippen LogP contribution in [-0.4, -0.2) is 11.7 Å². The largest absolute Gasteiger partial charge is 0.360 e. The first-order chi connectivity index (χ1) is 9.70. The fourth-order valence-electron chi connectivity index (χ4n) is 2.56. The Morgan fingerprint density at radius 3 is 2.75 bits per heavy atom. The molecule has 1 aliphatic rings. The van der Waals surface area contributed by atoms with Crippen LogP contribution < -0.4 is 5.73 Å². The molecule has 0 saturated carbocycles. The van der Waals surface area contributed by atoms with E-state index in [2.05, 4.69) is 5.16 Å². The van der Waals surface area contributed by atoms with Crippen molar-refractivity contribution >= 4 is 17.2 Å². The Kier molecular flexibility index (Phi) is 3.59. The third-order valence-electron chi connectivity index (χ3n) is 3.52. The summed E-state index contributed by atoms with van der Waals surface area (Å²) in [5, 5.41) is 4.75. The lowest BCUT2D eigenvalue weighted by Gasteiger charge is -2.15. The van der Waals surface area contributed by atoms with Crippen LogP contribution in [0.25, 0.3) is 16.8 Å². The monoisotopic (exact) mass is 292 g/mol. The van der Waals surface area contributed by atoms with Gasteiger partial charge in [-0.1, -0.05) is 28.9 Å². The number of aryl methyl sites for hydroxylation is 1. The van der Waals surface area contributed by atoms with Crippen LogP contribution in [0.5, 0.6) is 0 Å². The predicted molar refractivity (Wildman–Crippen MR) is 77.0 cm³/mol. The fraction of sp³-hybridized carbons (Fsp3) is 0.267. The van der Waals surface area contributed by atoms with Gasteiger partial charge in [0.15, 0.2) is 0 Å². The molecule has 20 heavy (non-hydrogen) atoms. The molecule has 1 heterocycles. The molecule has 0 bridgehead atoms. The molecule has 0 atom stereocenters. The number of benzene rings is 1. The molecule has 0 spiro atoms. The molecule has 3 rings (SSSR count). The van der Waals surface area contributed by atoms with Gasteiger partial charge in [-0.25, -0.2) is 4.39 Å². The summed E-state index contributed by atoms with van der Waals surface area (Å²) < 4.78 is 19.4. The Hall–Kier alpha value is -1.65. The lowest BCUT2D eigenvalue weighted by atomic mass is 9.88. The summed E-state index contributed by atoms with van der Waals surface area (Å²) in [6.07, 6.45) is 2.29. The average molecular weight is 293 g/mol. The number of aromatic nitrogens is 1. The van der Waals surface area contributed by atoms with E-state index in [0.29, 0.717) is 22.7 Å². The first kappa shape index (κ1) is 13.3. The van der Waals surface area contributed by atoms with Crippen LogP contribution in [0.3, 0.4) is 0 Å². The minimum Gasteiger partial charge on any atom is -0.360 e. The normalized spacial score (nSPS) is 16.9. The quantitative estimate of drug-likeness (QED) is 0.911. The van der Waals surface area contributed by atoms with Crippen molar-refractivity contribution in [2.24, 2.45) is 5.73 Å². The van der Waals surface area contributed by atoms with Crippen LogP contribution in [0.1, 0.15) is 24.2 Å². The summed E-state index contributed by atoms with van der Waals surface area (Å²) >= 11 is 5.89. The molecular weight excluding hydrogens is 279 g/mol. The lowest BCUT2D eigenvalue weighted by molar-refractivity contribution is 0.380. The molecular formula is C15H14ClFN2O. The van der Waals surface area contributed by atoms with Crippen LogP contribution in [0, 0.1) is 0 Å². The molecule has 0 saturated heterocycles. The molecule has 0 radical (unpaired) electrons. The number of hydrogen-bond acceptors (Lipinski definition) is 3. The average Bonchev–Trinajstić information content (AvgIpc) is 2.91. The van der Waals surface area contributed by atoms with E-state index in [4.69, 9.17) is 21.9 Å². The van der Waals surface area contributed by atoms with E-state index < -0.39 is 0 Å². The Balaban J connectivity index is 2.16. The first-order valence-corrected chi connectivity index (χ1v) is 6.91. The van der Waals surface area contributed by atoms with Crippen LogP contribution in [0.4, 0.5) is 4.39 Å². The van der Waals surface area contributed by atoms with Crippen molar-refractivity contribution in [3.63, 3.8) is 0 Å². The third kappa shape index (κ3) is 2.25. The summed E-state index contributed by atoms with van der Waals surface area (Å²) in [5.41, 5.74) is 8.35. The highest BCUT2D eigenvalue weighted by Gasteiger charge is 2.26. The van der Waals surface area contributed by atoms with Gasteiger partial charge < -0.3 is 10.3 Å². The maximum atomic E-state index is 14.0.